The Morgan fingerprint density at radius 1 is 0.667 bits per heavy atom. The van der Waals surface area contributed by atoms with Crippen molar-refractivity contribution in [3.05, 3.63) is 71.8 Å². The highest BCUT2D eigenvalue weighted by Gasteiger charge is 2.12. The molecule has 0 bridgehead atoms. The van der Waals surface area contributed by atoms with E-state index < -0.39 is 11.9 Å². The van der Waals surface area contributed by atoms with Gasteiger partial charge in [-0.25, -0.2) is 19.4 Å². The zero-order valence-corrected chi connectivity index (χ0v) is 9.41. The van der Waals surface area contributed by atoms with Crippen molar-refractivity contribution in [1.82, 2.24) is 0 Å². The van der Waals surface area contributed by atoms with E-state index in [1.54, 1.807) is 60.7 Å². The lowest BCUT2D eigenvalue weighted by atomic mass is 10.2. The first-order valence-corrected chi connectivity index (χ1v) is 5.30. The van der Waals surface area contributed by atoms with Crippen molar-refractivity contribution in [3.8, 4) is 0 Å². The molecule has 0 fully saturated rings. The molecule has 4 heteroatoms. The minimum atomic E-state index is -0.708. The highest BCUT2D eigenvalue weighted by Crippen LogP contribution is 2.05. The summed E-state index contributed by atoms with van der Waals surface area (Å²) in [5.41, 5.74) is 0.636. The molecule has 0 radical (unpaired) electrons. The van der Waals surface area contributed by atoms with Gasteiger partial charge in [-0.05, 0) is 24.3 Å². The van der Waals surface area contributed by atoms with Crippen molar-refractivity contribution in [3.63, 3.8) is 0 Å². The molecular weight excluding hydrogens is 232 g/mol. The summed E-state index contributed by atoms with van der Waals surface area (Å²) in [7, 11) is 0. The number of carbonyl (C=O) groups excluding carboxylic acids is 2. The topological polar surface area (TPSA) is 52.6 Å². The maximum atomic E-state index is 11.5. The van der Waals surface area contributed by atoms with Gasteiger partial charge in [0.25, 0.3) is 0 Å². The van der Waals surface area contributed by atoms with E-state index in [2.05, 4.69) is 9.78 Å². The van der Waals surface area contributed by atoms with E-state index in [1.165, 1.54) is 0 Å². The summed E-state index contributed by atoms with van der Waals surface area (Å²) in [6.45, 7) is 0. The smallest absolute Gasteiger partial charge is 0.242 e. The second kappa shape index (κ2) is 5.63. The highest BCUT2D eigenvalue weighted by molar-refractivity contribution is 5.92. The van der Waals surface area contributed by atoms with Gasteiger partial charge in [0.15, 0.2) is 0 Å². The molecule has 2 aromatic rings. The maximum absolute atomic E-state index is 11.5. The van der Waals surface area contributed by atoms with Crippen molar-refractivity contribution < 1.29 is 20.8 Å². The molecule has 0 aromatic heterocycles. The molecule has 0 amide bonds. The third-order valence-electron chi connectivity index (χ3n) is 2.21. The van der Waals surface area contributed by atoms with Crippen LogP contribution in [0.4, 0.5) is 0 Å². The standard InChI is InChI=1S/C14H10O4/c15-13(11-7-3-1-4-8-11)17-18-14(16)12-9-5-2-6-10-12/h1-10H/p+1. The van der Waals surface area contributed by atoms with Crippen molar-refractivity contribution in [2.45, 2.75) is 0 Å². The molecule has 0 aliphatic heterocycles. The molecule has 0 heterocycles. The Bertz CT molecular complexity index is 488. The van der Waals surface area contributed by atoms with Crippen LogP contribution >= 0.6 is 0 Å². The van der Waals surface area contributed by atoms with Crippen LogP contribution < -0.4 is 0 Å². The Labute approximate surface area is 105 Å². The first-order chi connectivity index (χ1) is 8.77. The minimum Gasteiger partial charge on any atom is -0.242 e. The van der Waals surface area contributed by atoms with Crippen LogP contribution in [-0.2, 0) is 9.78 Å². The van der Waals surface area contributed by atoms with E-state index in [9.17, 15) is 9.59 Å². The number of rotatable bonds is 2. The normalized spacial score (nSPS) is 9.56. The van der Waals surface area contributed by atoms with Crippen LogP contribution in [0.2, 0.25) is 0 Å². The van der Waals surface area contributed by atoms with Crippen LogP contribution in [0.5, 0.6) is 0 Å². The molecule has 0 N–H and O–H groups in total. The van der Waals surface area contributed by atoms with E-state index in [0.717, 1.165) is 0 Å². The maximum Gasteiger partial charge on any atom is 1.00 e. The zero-order valence-electron chi connectivity index (χ0n) is 10.4. The molecule has 0 spiro atoms. The molecule has 0 atom stereocenters. The van der Waals surface area contributed by atoms with Gasteiger partial charge in [-0.3, -0.25) is 0 Å². The Morgan fingerprint density at radius 3 is 1.33 bits per heavy atom. The molecule has 2 aromatic carbocycles. The number of hydrogen-bond acceptors (Lipinski definition) is 4. The van der Waals surface area contributed by atoms with Crippen molar-refractivity contribution in [1.29, 1.82) is 0 Å². The Hall–Kier alpha value is -2.62. The van der Waals surface area contributed by atoms with Crippen LogP contribution in [0, 0.1) is 0 Å². The molecule has 0 unspecified atom stereocenters. The summed E-state index contributed by atoms with van der Waals surface area (Å²) in [5, 5.41) is 0. The first kappa shape index (κ1) is 11.9. The van der Waals surface area contributed by atoms with Gasteiger partial charge >= 0.3 is 13.4 Å². The summed E-state index contributed by atoms with van der Waals surface area (Å²) in [6, 6.07) is 16.6. The molecule has 4 nitrogen and oxygen atoms in total. The quantitative estimate of drug-likeness (QED) is 0.601. The lowest BCUT2D eigenvalue weighted by molar-refractivity contribution is -0.187. The summed E-state index contributed by atoms with van der Waals surface area (Å²) in [6.07, 6.45) is 0. The molecule has 90 valence electrons. The van der Waals surface area contributed by atoms with Crippen LogP contribution in [0.1, 0.15) is 22.1 Å². The van der Waals surface area contributed by atoms with Crippen LogP contribution in [-0.4, -0.2) is 11.9 Å². The predicted octanol–water partition coefficient (Wildman–Crippen LogP) is 2.73. The van der Waals surface area contributed by atoms with E-state index >= 15 is 0 Å². The van der Waals surface area contributed by atoms with Gasteiger partial charge in [-0.2, -0.15) is 0 Å². The lowest BCUT2D eigenvalue weighted by Gasteiger charge is -2.02. The second-order valence-electron chi connectivity index (χ2n) is 3.47. The largest absolute Gasteiger partial charge is 1.00 e. The van der Waals surface area contributed by atoms with Crippen LogP contribution in [0.3, 0.4) is 0 Å². The van der Waals surface area contributed by atoms with E-state index in [0.29, 0.717) is 11.1 Å². The minimum absolute atomic E-state index is 0. The Balaban J connectivity index is 0.00000180. The summed E-state index contributed by atoms with van der Waals surface area (Å²) in [5.74, 6) is -1.42. The molecule has 0 saturated carbocycles. The number of hydrogen-bond donors (Lipinski definition) is 0. The third-order valence-corrected chi connectivity index (χ3v) is 2.21. The lowest BCUT2D eigenvalue weighted by Crippen LogP contribution is -2.11. The molecule has 0 saturated heterocycles. The van der Waals surface area contributed by atoms with E-state index in [1.807, 2.05) is 0 Å². The fourth-order valence-corrected chi connectivity index (χ4v) is 1.32. The molecule has 2 rings (SSSR count). The molecule has 0 aliphatic rings. The Kier molecular flexibility index (Phi) is 3.71. The number of benzene rings is 2. The van der Waals surface area contributed by atoms with Gasteiger partial charge < -0.3 is 0 Å². The van der Waals surface area contributed by atoms with Crippen LogP contribution in [0.15, 0.2) is 60.7 Å². The van der Waals surface area contributed by atoms with Gasteiger partial charge in [0.1, 0.15) is 0 Å². The molecule has 0 aliphatic carbocycles. The summed E-state index contributed by atoms with van der Waals surface area (Å²) in [4.78, 5) is 31.9. The first-order valence-electron chi connectivity index (χ1n) is 5.30. The second-order valence-corrected chi connectivity index (χ2v) is 3.47. The highest BCUT2D eigenvalue weighted by atomic mass is 17.2. The van der Waals surface area contributed by atoms with Gasteiger partial charge in [0, 0.05) is 0 Å². The van der Waals surface area contributed by atoms with Gasteiger partial charge in [-0.1, -0.05) is 36.4 Å². The predicted molar refractivity (Wildman–Crippen MR) is 64.8 cm³/mol. The van der Waals surface area contributed by atoms with Gasteiger partial charge in [0.05, 0.1) is 11.1 Å². The molecular formula is C14H11O4+. The number of carbonyl (C=O) groups is 2. The average Bonchev–Trinajstić information content (AvgIpc) is 2.46. The molecule has 18 heavy (non-hydrogen) atoms. The van der Waals surface area contributed by atoms with Gasteiger partial charge in [-0.15, -0.1) is 0 Å². The Morgan fingerprint density at radius 2 is 1.00 bits per heavy atom. The average molecular weight is 243 g/mol. The zero-order chi connectivity index (χ0) is 12.8. The summed E-state index contributed by atoms with van der Waals surface area (Å²) >= 11 is 0. The monoisotopic (exact) mass is 243 g/mol. The summed E-state index contributed by atoms with van der Waals surface area (Å²) < 4.78 is 0. The fraction of sp³-hybridized carbons (Fsp3) is 0. The van der Waals surface area contributed by atoms with E-state index in [4.69, 9.17) is 0 Å². The SMILES string of the molecule is O=C(OOC(=O)c1ccccc1)c1ccccc1.[H+]. The fourth-order valence-electron chi connectivity index (χ4n) is 1.32. The van der Waals surface area contributed by atoms with Crippen molar-refractivity contribution in [2.75, 3.05) is 0 Å². The van der Waals surface area contributed by atoms with Gasteiger partial charge in [0.2, 0.25) is 0 Å². The van der Waals surface area contributed by atoms with Crippen molar-refractivity contribution >= 4 is 11.9 Å². The van der Waals surface area contributed by atoms with Crippen molar-refractivity contribution in [2.24, 2.45) is 0 Å². The van der Waals surface area contributed by atoms with Crippen LogP contribution in [0.25, 0.3) is 0 Å². The third kappa shape index (κ3) is 2.95. The van der Waals surface area contributed by atoms with E-state index in [-0.39, 0.29) is 1.43 Å².